The van der Waals surface area contributed by atoms with Gasteiger partial charge in [0, 0.05) is 7.05 Å². The minimum absolute atomic E-state index is 0.0576. The van der Waals surface area contributed by atoms with Crippen LogP contribution in [0, 0.1) is 0 Å². The monoisotopic (exact) mass is 464 g/mol. The number of carbonyl (C=O) groups excluding carboxylic acids is 2. The number of amides is 2. The second-order valence-electron chi connectivity index (χ2n) is 7.11. The molecule has 0 radical (unpaired) electrons. The number of esters is 1. The van der Waals surface area contributed by atoms with E-state index in [-0.39, 0.29) is 30.2 Å². The highest BCUT2D eigenvalue weighted by molar-refractivity contribution is 5.95. The van der Waals surface area contributed by atoms with Crippen LogP contribution in [0.2, 0.25) is 0 Å². The standard InChI is InChI=1S/C23H23F3N2O5/c1-4-32-21(29)19-18(13-33-17-10-6-8-15(12-17)23(24,25)26)28(2)22(30)27-20(19)14-7-5-9-16(11-14)31-3/h5-12,20H,4,13H2,1-3H3,(H,27,30)/t20-/m0/s1. The van der Waals surface area contributed by atoms with Gasteiger partial charge in [0.05, 0.1) is 36.6 Å². The molecule has 2 aromatic rings. The Morgan fingerprint density at radius 2 is 1.82 bits per heavy atom. The van der Waals surface area contributed by atoms with Gasteiger partial charge in [0.15, 0.2) is 0 Å². The van der Waals surface area contributed by atoms with Gasteiger partial charge < -0.3 is 19.5 Å². The Labute approximate surface area is 188 Å². The molecule has 176 valence electrons. The van der Waals surface area contributed by atoms with Crippen molar-refractivity contribution >= 4 is 12.0 Å². The molecule has 2 aromatic carbocycles. The van der Waals surface area contributed by atoms with E-state index >= 15 is 0 Å². The SMILES string of the molecule is CCOC(=O)C1=C(COc2cccc(C(F)(F)F)c2)N(C)C(=O)N[C@H]1c1cccc(OC)c1. The lowest BCUT2D eigenvalue weighted by molar-refractivity contribution is -0.139. The molecule has 0 saturated heterocycles. The highest BCUT2D eigenvalue weighted by atomic mass is 19.4. The Balaban J connectivity index is 2.02. The van der Waals surface area contributed by atoms with Crippen LogP contribution in [0.15, 0.2) is 59.8 Å². The molecule has 0 spiro atoms. The molecule has 0 aliphatic carbocycles. The molecule has 1 aliphatic heterocycles. The first-order valence-corrected chi connectivity index (χ1v) is 10.0. The van der Waals surface area contributed by atoms with Crippen molar-refractivity contribution in [1.29, 1.82) is 0 Å². The zero-order valence-corrected chi connectivity index (χ0v) is 18.2. The maximum absolute atomic E-state index is 13.0. The van der Waals surface area contributed by atoms with Crippen molar-refractivity contribution in [1.82, 2.24) is 10.2 Å². The van der Waals surface area contributed by atoms with E-state index in [0.29, 0.717) is 11.3 Å². The van der Waals surface area contributed by atoms with Crippen LogP contribution in [0.5, 0.6) is 11.5 Å². The molecular weight excluding hydrogens is 441 g/mol. The van der Waals surface area contributed by atoms with Crippen LogP contribution in [0.25, 0.3) is 0 Å². The van der Waals surface area contributed by atoms with Gasteiger partial charge in [-0.2, -0.15) is 13.2 Å². The first-order chi connectivity index (χ1) is 15.7. The van der Waals surface area contributed by atoms with Crippen LogP contribution in [0.3, 0.4) is 0 Å². The molecule has 0 aromatic heterocycles. The molecule has 3 rings (SSSR count). The maximum atomic E-state index is 13.0. The molecule has 0 bridgehead atoms. The highest BCUT2D eigenvalue weighted by Crippen LogP contribution is 2.34. The minimum atomic E-state index is -4.53. The summed E-state index contributed by atoms with van der Waals surface area (Å²) in [5.41, 5.74) is -0.0272. The summed E-state index contributed by atoms with van der Waals surface area (Å²) in [4.78, 5) is 26.7. The van der Waals surface area contributed by atoms with E-state index in [1.807, 2.05) is 0 Å². The van der Waals surface area contributed by atoms with Crippen molar-refractivity contribution in [2.45, 2.75) is 19.1 Å². The predicted octanol–water partition coefficient (Wildman–Crippen LogP) is 4.31. The first-order valence-electron chi connectivity index (χ1n) is 10.0. The number of halogens is 3. The van der Waals surface area contributed by atoms with E-state index in [4.69, 9.17) is 14.2 Å². The number of alkyl halides is 3. The molecular formula is C23H23F3N2O5. The lowest BCUT2D eigenvalue weighted by atomic mass is 9.94. The molecule has 0 fully saturated rings. The number of methoxy groups -OCH3 is 1. The number of nitrogens with one attached hydrogen (secondary N) is 1. The normalized spacial score (nSPS) is 16.4. The van der Waals surface area contributed by atoms with Crippen LogP contribution in [-0.4, -0.2) is 44.3 Å². The second kappa shape index (κ2) is 9.85. The van der Waals surface area contributed by atoms with Gasteiger partial charge in [-0.25, -0.2) is 9.59 Å². The van der Waals surface area contributed by atoms with Gasteiger partial charge in [-0.05, 0) is 42.8 Å². The van der Waals surface area contributed by atoms with Crippen molar-refractivity contribution in [3.8, 4) is 11.5 Å². The van der Waals surface area contributed by atoms with E-state index < -0.39 is 29.8 Å². The van der Waals surface area contributed by atoms with Gasteiger partial charge >= 0.3 is 18.2 Å². The number of hydrogen-bond acceptors (Lipinski definition) is 5. The van der Waals surface area contributed by atoms with Crippen LogP contribution >= 0.6 is 0 Å². The average Bonchev–Trinajstić information content (AvgIpc) is 2.79. The molecule has 7 nitrogen and oxygen atoms in total. The molecule has 0 unspecified atom stereocenters. The van der Waals surface area contributed by atoms with E-state index in [9.17, 15) is 22.8 Å². The third-order valence-electron chi connectivity index (χ3n) is 5.04. The van der Waals surface area contributed by atoms with Crippen molar-refractivity contribution in [2.75, 3.05) is 27.4 Å². The third-order valence-corrected chi connectivity index (χ3v) is 5.04. The van der Waals surface area contributed by atoms with Gasteiger partial charge in [0.1, 0.15) is 18.1 Å². The number of nitrogens with zero attached hydrogens (tertiary/aromatic N) is 1. The van der Waals surface area contributed by atoms with Gasteiger partial charge in [0.2, 0.25) is 0 Å². The van der Waals surface area contributed by atoms with Crippen molar-refractivity contribution in [2.24, 2.45) is 0 Å². The summed E-state index contributed by atoms with van der Waals surface area (Å²) >= 11 is 0. The molecule has 1 atom stereocenters. The molecule has 1 N–H and O–H groups in total. The summed E-state index contributed by atoms with van der Waals surface area (Å²) in [6, 6.07) is 9.77. The maximum Gasteiger partial charge on any atom is 0.416 e. The van der Waals surface area contributed by atoms with Gasteiger partial charge in [-0.3, -0.25) is 4.90 Å². The van der Waals surface area contributed by atoms with Crippen LogP contribution in [0.1, 0.15) is 24.1 Å². The van der Waals surface area contributed by atoms with Crippen LogP contribution in [0.4, 0.5) is 18.0 Å². The Bertz CT molecular complexity index is 1070. The molecule has 10 heteroatoms. The average molecular weight is 464 g/mol. The summed E-state index contributed by atoms with van der Waals surface area (Å²) in [5.74, 6) is -0.219. The number of benzene rings is 2. The van der Waals surface area contributed by atoms with Crippen LogP contribution < -0.4 is 14.8 Å². The number of hydrogen-bond donors (Lipinski definition) is 1. The molecule has 1 heterocycles. The predicted molar refractivity (Wildman–Crippen MR) is 113 cm³/mol. The van der Waals surface area contributed by atoms with Crippen molar-refractivity contribution < 1.29 is 37.0 Å². The van der Waals surface area contributed by atoms with E-state index in [1.54, 1.807) is 31.2 Å². The lowest BCUT2D eigenvalue weighted by Gasteiger charge is -2.34. The van der Waals surface area contributed by atoms with Crippen molar-refractivity contribution in [3.63, 3.8) is 0 Å². The Hall–Kier alpha value is -3.69. The Morgan fingerprint density at radius 3 is 2.48 bits per heavy atom. The smallest absolute Gasteiger partial charge is 0.416 e. The number of likely N-dealkylation sites (N-methyl/N-ethyl adjacent to an activating group) is 1. The summed E-state index contributed by atoms with van der Waals surface area (Å²) in [6.07, 6.45) is -4.53. The Morgan fingerprint density at radius 1 is 1.12 bits per heavy atom. The largest absolute Gasteiger partial charge is 0.497 e. The van der Waals surface area contributed by atoms with Crippen molar-refractivity contribution in [3.05, 3.63) is 70.9 Å². The third kappa shape index (κ3) is 5.39. The topological polar surface area (TPSA) is 77.1 Å². The van der Waals surface area contributed by atoms with E-state index in [1.165, 1.54) is 31.2 Å². The summed E-state index contributed by atoms with van der Waals surface area (Å²) in [5, 5.41) is 2.75. The zero-order valence-electron chi connectivity index (χ0n) is 18.2. The van der Waals surface area contributed by atoms with E-state index in [2.05, 4.69) is 5.32 Å². The number of ether oxygens (including phenoxy) is 3. The van der Waals surface area contributed by atoms with E-state index in [0.717, 1.165) is 12.1 Å². The van der Waals surface area contributed by atoms with Crippen LogP contribution in [-0.2, 0) is 15.7 Å². The summed E-state index contributed by atoms with van der Waals surface area (Å²) in [7, 11) is 2.92. The summed E-state index contributed by atoms with van der Waals surface area (Å²) in [6.45, 7) is 1.40. The lowest BCUT2D eigenvalue weighted by Crippen LogP contribution is -2.48. The quantitative estimate of drug-likeness (QED) is 0.618. The number of carbonyl (C=O) groups is 2. The number of rotatable bonds is 7. The summed E-state index contributed by atoms with van der Waals surface area (Å²) < 4.78 is 55.1. The zero-order chi connectivity index (χ0) is 24.2. The fraction of sp³-hybridized carbons (Fsp3) is 0.304. The van der Waals surface area contributed by atoms with Gasteiger partial charge in [-0.15, -0.1) is 0 Å². The second-order valence-corrected chi connectivity index (χ2v) is 7.11. The molecule has 0 saturated carbocycles. The fourth-order valence-electron chi connectivity index (χ4n) is 3.37. The Kier molecular flexibility index (Phi) is 7.15. The van der Waals surface area contributed by atoms with Gasteiger partial charge in [0.25, 0.3) is 0 Å². The fourth-order valence-corrected chi connectivity index (χ4v) is 3.37. The molecule has 1 aliphatic rings. The highest BCUT2D eigenvalue weighted by Gasteiger charge is 2.37. The molecule has 33 heavy (non-hydrogen) atoms. The minimum Gasteiger partial charge on any atom is -0.497 e. The molecule has 2 amide bonds. The number of urea groups is 1. The first kappa shape index (κ1) is 24.0. The van der Waals surface area contributed by atoms with Gasteiger partial charge in [-0.1, -0.05) is 18.2 Å².